The molecule has 1 aliphatic rings. The Morgan fingerprint density at radius 1 is 1.25 bits per heavy atom. The molecule has 1 aromatic heterocycles. The molecule has 0 unspecified atom stereocenters. The van der Waals surface area contributed by atoms with Gasteiger partial charge in [0.2, 0.25) is 5.16 Å². The Morgan fingerprint density at radius 3 is 2.81 bits per heavy atom. The van der Waals surface area contributed by atoms with Crippen molar-refractivity contribution in [3.63, 3.8) is 0 Å². The average molecular weight is 258 g/mol. The van der Waals surface area contributed by atoms with Crippen molar-refractivity contribution < 1.29 is 0 Å². The van der Waals surface area contributed by atoms with Crippen molar-refractivity contribution in [2.24, 2.45) is 0 Å². The zero-order chi connectivity index (χ0) is 11.2. The normalized spacial score (nSPS) is 15.6. The summed E-state index contributed by atoms with van der Waals surface area (Å²) in [6.07, 6.45) is 7.53. The van der Waals surface area contributed by atoms with Crippen molar-refractivity contribution in [3.05, 3.63) is 0 Å². The summed E-state index contributed by atoms with van der Waals surface area (Å²) in [6, 6.07) is 0.585. The first-order valence-corrected chi connectivity index (χ1v) is 7.55. The van der Waals surface area contributed by atoms with Gasteiger partial charge < -0.3 is 0 Å². The van der Waals surface area contributed by atoms with Gasteiger partial charge in [-0.15, -0.1) is 5.10 Å². The summed E-state index contributed by atoms with van der Waals surface area (Å²) in [6.45, 7) is 0. The van der Waals surface area contributed by atoms with E-state index in [1.54, 1.807) is 11.8 Å². The van der Waals surface area contributed by atoms with Gasteiger partial charge in [-0.1, -0.05) is 24.6 Å². The molecule has 0 saturated heterocycles. The fraction of sp³-hybridized carbons (Fsp3) is 0.900. The molecule has 1 fully saturated rings. The van der Waals surface area contributed by atoms with Crippen molar-refractivity contribution in [1.82, 2.24) is 20.2 Å². The standard InChI is InChI=1S/C10H18N4S2/c15-7-3-1-2-4-8-16-10-11-12-13-14(10)9-5-6-9/h9,15H,1-8H2. The first-order chi connectivity index (χ1) is 7.92. The topological polar surface area (TPSA) is 43.6 Å². The third-order valence-corrected chi connectivity index (χ3v) is 3.97. The van der Waals surface area contributed by atoms with Gasteiger partial charge in [-0.3, -0.25) is 0 Å². The number of nitrogens with zero attached hydrogens (tertiary/aromatic N) is 4. The van der Waals surface area contributed by atoms with Gasteiger partial charge in [-0.05, 0) is 41.9 Å². The molecule has 0 bridgehead atoms. The largest absolute Gasteiger partial charge is 0.217 e. The van der Waals surface area contributed by atoms with E-state index in [0.29, 0.717) is 6.04 Å². The number of thiol groups is 1. The van der Waals surface area contributed by atoms with Crippen molar-refractivity contribution in [1.29, 1.82) is 0 Å². The van der Waals surface area contributed by atoms with Crippen LogP contribution in [0.25, 0.3) is 0 Å². The molecular weight excluding hydrogens is 240 g/mol. The Kier molecular flexibility index (Phi) is 4.96. The highest BCUT2D eigenvalue weighted by Gasteiger charge is 2.27. The maximum Gasteiger partial charge on any atom is 0.209 e. The predicted molar refractivity (Wildman–Crippen MR) is 69.1 cm³/mol. The zero-order valence-corrected chi connectivity index (χ0v) is 11.1. The van der Waals surface area contributed by atoms with E-state index in [1.165, 1.54) is 38.5 Å². The summed E-state index contributed by atoms with van der Waals surface area (Å²) in [7, 11) is 0. The molecule has 0 spiro atoms. The number of hydrogen-bond acceptors (Lipinski definition) is 5. The molecule has 0 aromatic carbocycles. The minimum absolute atomic E-state index is 0.585. The molecule has 1 saturated carbocycles. The third kappa shape index (κ3) is 3.66. The number of rotatable bonds is 8. The highest BCUT2D eigenvalue weighted by molar-refractivity contribution is 7.99. The van der Waals surface area contributed by atoms with Gasteiger partial charge in [0.05, 0.1) is 6.04 Å². The van der Waals surface area contributed by atoms with Crippen molar-refractivity contribution in [2.75, 3.05) is 11.5 Å². The molecule has 0 radical (unpaired) electrons. The molecule has 4 nitrogen and oxygen atoms in total. The average Bonchev–Trinajstić information content (AvgIpc) is 3.04. The first-order valence-electron chi connectivity index (χ1n) is 5.93. The fourth-order valence-corrected chi connectivity index (χ4v) is 2.73. The maximum absolute atomic E-state index is 4.20. The van der Waals surface area contributed by atoms with Crippen LogP contribution < -0.4 is 0 Å². The van der Waals surface area contributed by atoms with Gasteiger partial charge in [0.1, 0.15) is 0 Å². The number of hydrogen-bond donors (Lipinski definition) is 1. The molecule has 1 heterocycles. The van der Waals surface area contributed by atoms with Crippen LogP contribution in [0, 0.1) is 0 Å². The van der Waals surface area contributed by atoms with E-state index in [2.05, 4.69) is 28.2 Å². The van der Waals surface area contributed by atoms with Gasteiger partial charge >= 0.3 is 0 Å². The predicted octanol–water partition coefficient (Wildman–Crippen LogP) is 2.59. The van der Waals surface area contributed by atoms with Crippen LogP contribution in [0.3, 0.4) is 0 Å². The van der Waals surface area contributed by atoms with E-state index in [0.717, 1.165) is 16.7 Å². The Bertz CT molecular complexity index is 312. The van der Waals surface area contributed by atoms with E-state index in [9.17, 15) is 0 Å². The van der Waals surface area contributed by atoms with Crippen LogP contribution in [0.1, 0.15) is 44.6 Å². The first kappa shape index (κ1) is 12.2. The highest BCUT2D eigenvalue weighted by atomic mass is 32.2. The van der Waals surface area contributed by atoms with E-state index in [-0.39, 0.29) is 0 Å². The van der Waals surface area contributed by atoms with Crippen LogP contribution >= 0.6 is 24.4 Å². The molecule has 0 atom stereocenters. The van der Waals surface area contributed by atoms with Crippen molar-refractivity contribution >= 4 is 24.4 Å². The van der Waals surface area contributed by atoms with Gasteiger partial charge in [-0.25, -0.2) is 4.68 Å². The van der Waals surface area contributed by atoms with Crippen LogP contribution in [-0.4, -0.2) is 31.7 Å². The lowest BCUT2D eigenvalue weighted by Crippen LogP contribution is -1.99. The second-order valence-electron chi connectivity index (χ2n) is 4.12. The minimum Gasteiger partial charge on any atom is -0.217 e. The lowest BCUT2D eigenvalue weighted by Gasteiger charge is -2.01. The van der Waals surface area contributed by atoms with Gasteiger partial charge in [0, 0.05) is 5.75 Å². The monoisotopic (exact) mass is 258 g/mol. The summed E-state index contributed by atoms with van der Waals surface area (Å²) in [5.41, 5.74) is 0. The van der Waals surface area contributed by atoms with Crippen molar-refractivity contribution in [3.8, 4) is 0 Å². The lowest BCUT2D eigenvalue weighted by molar-refractivity contribution is 0.565. The van der Waals surface area contributed by atoms with Crippen LogP contribution in [-0.2, 0) is 0 Å². The molecule has 0 N–H and O–H groups in total. The zero-order valence-electron chi connectivity index (χ0n) is 9.38. The molecule has 0 aliphatic heterocycles. The molecule has 1 aliphatic carbocycles. The second-order valence-corrected chi connectivity index (χ2v) is 5.63. The van der Waals surface area contributed by atoms with Gasteiger partial charge in [-0.2, -0.15) is 12.6 Å². The lowest BCUT2D eigenvalue weighted by atomic mass is 10.2. The number of thioether (sulfide) groups is 1. The molecule has 16 heavy (non-hydrogen) atoms. The molecule has 6 heteroatoms. The summed E-state index contributed by atoms with van der Waals surface area (Å²) in [4.78, 5) is 0. The smallest absolute Gasteiger partial charge is 0.209 e. The molecule has 2 rings (SSSR count). The van der Waals surface area contributed by atoms with E-state index >= 15 is 0 Å². The molecule has 90 valence electrons. The van der Waals surface area contributed by atoms with Gasteiger partial charge in [0.15, 0.2) is 0 Å². The van der Waals surface area contributed by atoms with Crippen LogP contribution in [0.2, 0.25) is 0 Å². The van der Waals surface area contributed by atoms with E-state index < -0.39 is 0 Å². The third-order valence-electron chi connectivity index (χ3n) is 2.64. The van der Waals surface area contributed by atoms with Gasteiger partial charge in [0.25, 0.3) is 0 Å². The molecular formula is C10H18N4S2. The maximum atomic E-state index is 4.20. The fourth-order valence-electron chi connectivity index (χ4n) is 1.56. The summed E-state index contributed by atoms with van der Waals surface area (Å²) in [5, 5.41) is 12.8. The quantitative estimate of drug-likeness (QED) is 0.442. The SMILES string of the molecule is SCCCCCCSc1nnnn1C1CC1. The van der Waals surface area contributed by atoms with Crippen molar-refractivity contribution in [2.45, 2.75) is 49.7 Å². The number of aromatic nitrogens is 4. The number of unbranched alkanes of at least 4 members (excludes halogenated alkanes) is 3. The summed E-state index contributed by atoms with van der Waals surface area (Å²) < 4.78 is 1.98. The Morgan fingerprint density at radius 2 is 2.06 bits per heavy atom. The van der Waals surface area contributed by atoms with Crippen LogP contribution in [0.15, 0.2) is 5.16 Å². The van der Waals surface area contributed by atoms with Crippen LogP contribution in [0.5, 0.6) is 0 Å². The highest BCUT2D eigenvalue weighted by Crippen LogP contribution is 2.36. The molecule has 1 aromatic rings. The minimum atomic E-state index is 0.585. The Labute approximate surface area is 106 Å². The summed E-state index contributed by atoms with van der Waals surface area (Å²) in [5.74, 6) is 2.13. The van der Waals surface area contributed by atoms with E-state index in [4.69, 9.17) is 0 Å². The summed E-state index contributed by atoms with van der Waals surface area (Å²) >= 11 is 5.99. The Balaban J connectivity index is 1.63. The van der Waals surface area contributed by atoms with Crippen LogP contribution in [0.4, 0.5) is 0 Å². The second kappa shape index (κ2) is 6.49. The number of tetrazole rings is 1. The molecule has 0 amide bonds. The Hall–Kier alpha value is -0.230. The van der Waals surface area contributed by atoms with E-state index in [1.807, 2.05) is 4.68 Å².